The minimum atomic E-state index is -2.12. The Hall–Kier alpha value is -1.99. The van der Waals surface area contributed by atoms with Crippen LogP contribution in [0.15, 0.2) is 5.18 Å². The lowest BCUT2D eigenvalue weighted by molar-refractivity contribution is -0.143. The van der Waals surface area contributed by atoms with Crippen molar-refractivity contribution in [2.75, 3.05) is 0 Å². The summed E-state index contributed by atoms with van der Waals surface area (Å²) in [5.41, 5.74) is -2.12. The summed E-state index contributed by atoms with van der Waals surface area (Å²) in [4.78, 5) is 41.4. The number of carboxylic acids is 3. The fraction of sp³-hybridized carbons (Fsp3) is 0.571. The second-order valence-electron chi connectivity index (χ2n) is 3.03. The lowest BCUT2D eigenvalue weighted by Crippen LogP contribution is -2.35. The van der Waals surface area contributed by atoms with E-state index in [-0.39, 0.29) is 0 Å². The Bertz CT molecular complexity index is 257. The van der Waals surface area contributed by atoms with E-state index < -0.39 is 42.7 Å². The molecule has 0 rings (SSSR count). The Morgan fingerprint density at radius 3 is 1.27 bits per heavy atom. The van der Waals surface area contributed by atoms with Gasteiger partial charge in [0.05, 0.1) is 19.3 Å². The van der Waals surface area contributed by atoms with E-state index in [2.05, 4.69) is 5.18 Å². The minimum Gasteiger partial charge on any atom is -0.481 e. The number of nitrogens with zero attached hydrogens (tertiary/aromatic N) is 1. The van der Waals surface area contributed by atoms with E-state index in [0.29, 0.717) is 0 Å². The van der Waals surface area contributed by atoms with Crippen LogP contribution in [0.1, 0.15) is 19.3 Å². The number of nitroso groups, excluding NO2 is 1. The van der Waals surface area contributed by atoms with Gasteiger partial charge in [0.1, 0.15) is 5.54 Å². The van der Waals surface area contributed by atoms with Crippen molar-refractivity contribution in [1.82, 2.24) is 0 Å². The highest BCUT2D eigenvalue weighted by atomic mass is 16.4. The highest BCUT2D eigenvalue weighted by Gasteiger charge is 2.39. The number of carboxylic acid groups (broad SMARTS) is 3. The van der Waals surface area contributed by atoms with Crippen LogP contribution in [0, 0.1) is 4.91 Å². The predicted octanol–water partition coefficient (Wildman–Crippen LogP) is -0.0843. The molecule has 0 atom stereocenters. The van der Waals surface area contributed by atoms with Gasteiger partial charge in [-0.2, -0.15) is 4.91 Å². The summed E-state index contributed by atoms with van der Waals surface area (Å²) in [6.07, 6.45) is -2.76. The van der Waals surface area contributed by atoms with Gasteiger partial charge in [-0.3, -0.25) is 14.4 Å². The molecule has 0 heterocycles. The summed E-state index contributed by atoms with van der Waals surface area (Å²) < 4.78 is 0. The zero-order valence-electron chi connectivity index (χ0n) is 7.54. The first-order valence-corrected chi connectivity index (χ1v) is 3.81. The summed E-state index contributed by atoms with van der Waals surface area (Å²) in [6, 6.07) is 0. The first-order chi connectivity index (χ1) is 6.81. The molecular weight excluding hydrogens is 210 g/mol. The van der Waals surface area contributed by atoms with Crippen molar-refractivity contribution in [2.45, 2.75) is 24.8 Å². The van der Waals surface area contributed by atoms with E-state index in [0.717, 1.165) is 0 Å². The smallest absolute Gasteiger partial charge is 0.305 e. The molecule has 0 aliphatic carbocycles. The second-order valence-corrected chi connectivity index (χ2v) is 3.03. The highest BCUT2D eigenvalue weighted by molar-refractivity contribution is 5.77. The third-order valence-electron chi connectivity index (χ3n) is 1.63. The molecule has 0 bridgehead atoms. The van der Waals surface area contributed by atoms with Crippen LogP contribution >= 0.6 is 0 Å². The summed E-state index contributed by atoms with van der Waals surface area (Å²) in [5, 5.41) is 27.6. The van der Waals surface area contributed by atoms with Gasteiger partial charge in [0, 0.05) is 0 Å². The van der Waals surface area contributed by atoms with Crippen LogP contribution in [0.3, 0.4) is 0 Å². The molecule has 0 aliphatic heterocycles. The van der Waals surface area contributed by atoms with Crippen LogP contribution in [0.25, 0.3) is 0 Å². The normalized spacial score (nSPS) is 10.7. The zero-order valence-corrected chi connectivity index (χ0v) is 7.54. The fourth-order valence-corrected chi connectivity index (χ4v) is 1.13. The van der Waals surface area contributed by atoms with Crippen molar-refractivity contribution in [2.24, 2.45) is 5.18 Å². The van der Waals surface area contributed by atoms with E-state index >= 15 is 0 Å². The first-order valence-electron chi connectivity index (χ1n) is 3.81. The third kappa shape index (κ3) is 4.69. The van der Waals surface area contributed by atoms with Crippen LogP contribution in [0.5, 0.6) is 0 Å². The van der Waals surface area contributed by atoms with Crippen molar-refractivity contribution >= 4 is 17.9 Å². The number of carbonyl (C=O) groups is 3. The Kier molecular flexibility index (Phi) is 4.36. The minimum absolute atomic E-state index is 0.922. The van der Waals surface area contributed by atoms with Crippen LogP contribution in [-0.2, 0) is 14.4 Å². The molecule has 0 aromatic carbocycles. The van der Waals surface area contributed by atoms with Gasteiger partial charge >= 0.3 is 17.9 Å². The molecular formula is C7H9NO7. The van der Waals surface area contributed by atoms with Gasteiger partial charge in [0.2, 0.25) is 0 Å². The SMILES string of the molecule is O=NC(CC(=O)O)(CC(=O)O)CC(=O)O. The molecule has 0 radical (unpaired) electrons. The van der Waals surface area contributed by atoms with Crippen LogP contribution in [-0.4, -0.2) is 38.8 Å². The third-order valence-corrected chi connectivity index (χ3v) is 1.63. The number of rotatable bonds is 7. The van der Waals surface area contributed by atoms with Crippen LogP contribution in [0.2, 0.25) is 0 Å². The van der Waals surface area contributed by atoms with Crippen molar-refractivity contribution in [1.29, 1.82) is 0 Å². The molecule has 15 heavy (non-hydrogen) atoms. The monoisotopic (exact) mass is 219 g/mol. The average molecular weight is 219 g/mol. The van der Waals surface area contributed by atoms with Crippen LogP contribution in [0.4, 0.5) is 0 Å². The lowest BCUT2D eigenvalue weighted by Gasteiger charge is -2.19. The molecule has 0 unspecified atom stereocenters. The Morgan fingerprint density at radius 1 is 0.867 bits per heavy atom. The van der Waals surface area contributed by atoms with Gasteiger partial charge < -0.3 is 15.3 Å². The van der Waals surface area contributed by atoms with Crippen LogP contribution < -0.4 is 0 Å². The molecule has 0 aromatic rings. The van der Waals surface area contributed by atoms with E-state index in [1.54, 1.807) is 0 Å². The number of hydrogen-bond donors (Lipinski definition) is 3. The Labute approximate surface area is 83.5 Å². The topological polar surface area (TPSA) is 141 Å². The van der Waals surface area contributed by atoms with Gasteiger partial charge in [0.25, 0.3) is 0 Å². The van der Waals surface area contributed by atoms with Gasteiger partial charge in [-0.05, 0) is 0 Å². The molecule has 84 valence electrons. The summed E-state index contributed by atoms with van der Waals surface area (Å²) >= 11 is 0. The number of hydrogen-bond acceptors (Lipinski definition) is 5. The molecule has 0 amide bonds. The van der Waals surface area contributed by atoms with E-state index in [1.807, 2.05) is 0 Å². The molecule has 0 aromatic heterocycles. The maximum atomic E-state index is 10.4. The van der Waals surface area contributed by atoms with Crippen molar-refractivity contribution < 1.29 is 29.7 Å². The summed E-state index contributed by atoms with van der Waals surface area (Å²) in [5.74, 6) is -4.42. The van der Waals surface area contributed by atoms with Crippen molar-refractivity contribution in [3.05, 3.63) is 4.91 Å². The Balaban J connectivity index is 4.90. The van der Waals surface area contributed by atoms with Gasteiger partial charge in [-0.15, -0.1) is 0 Å². The summed E-state index contributed by atoms with van der Waals surface area (Å²) in [6.45, 7) is 0. The van der Waals surface area contributed by atoms with Gasteiger partial charge in [-0.1, -0.05) is 5.18 Å². The standard InChI is InChI=1S/C7H9NO7/c9-4(10)1-7(8-15,2-5(11)12)3-6(13)14/h1-3H2,(H,9,10)(H,11,12)(H,13,14). The Morgan fingerprint density at radius 2 is 1.13 bits per heavy atom. The van der Waals surface area contributed by atoms with E-state index in [4.69, 9.17) is 15.3 Å². The maximum Gasteiger partial charge on any atom is 0.305 e. The predicted molar refractivity (Wildman–Crippen MR) is 45.3 cm³/mol. The van der Waals surface area contributed by atoms with Gasteiger partial charge in [0.15, 0.2) is 0 Å². The molecule has 3 N–H and O–H groups in total. The molecule has 0 aliphatic rings. The highest BCUT2D eigenvalue weighted by Crippen LogP contribution is 2.25. The lowest BCUT2D eigenvalue weighted by atomic mass is 9.89. The average Bonchev–Trinajstić information content (AvgIpc) is 1.99. The molecule has 0 saturated heterocycles. The molecule has 8 heteroatoms. The molecule has 8 nitrogen and oxygen atoms in total. The first kappa shape index (κ1) is 13.0. The van der Waals surface area contributed by atoms with Crippen molar-refractivity contribution in [3.63, 3.8) is 0 Å². The van der Waals surface area contributed by atoms with Crippen molar-refractivity contribution in [3.8, 4) is 0 Å². The fourth-order valence-electron chi connectivity index (χ4n) is 1.13. The zero-order chi connectivity index (χ0) is 12.1. The maximum absolute atomic E-state index is 10.4. The van der Waals surface area contributed by atoms with E-state index in [1.165, 1.54) is 0 Å². The number of aliphatic carboxylic acids is 3. The van der Waals surface area contributed by atoms with Gasteiger partial charge in [-0.25, -0.2) is 0 Å². The largest absolute Gasteiger partial charge is 0.481 e. The molecule has 0 spiro atoms. The van der Waals surface area contributed by atoms with E-state index in [9.17, 15) is 19.3 Å². The summed E-state index contributed by atoms with van der Waals surface area (Å²) in [7, 11) is 0. The second kappa shape index (κ2) is 5.03. The quantitative estimate of drug-likeness (QED) is 0.508. The molecule has 0 fully saturated rings. The molecule has 0 saturated carbocycles.